The van der Waals surface area contributed by atoms with Crippen LogP contribution in [0.5, 0.6) is 0 Å². The second-order valence-electron chi connectivity index (χ2n) is 6.14. The lowest BCUT2D eigenvalue weighted by Crippen LogP contribution is -2.18. The Morgan fingerprint density at radius 1 is 1.00 bits per heavy atom. The maximum atomic E-state index is 4.51. The zero-order chi connectivity index (χ0) is 16.5. The molecule has 0 saturated heterocycles. The van der Waals surface area contributed by atoms with E-state index in [1.54, 1.807) is 0 Å². The number of aliphatic imine (C=N–C) groups is 1. The molecule has 118 valence electrons. The molecule has 2 aliphatic rings. The lowest BCUT2D eigenvalue weighted by Gasteiger charge is -2.26. The minimum absolute atomic E-state index is 0.973. The van der Waals surface area contributed by atoms with Crippen molar-refractivity contribution in [2.24, 2.45) is 4.99 Å². The van der Waals surface area contributed by atoms with E-state index in [4.69, 9.17) is 0 Å². The summed E-state index contributed by atoms with van der Waals surface area (Å²) in [6.45, 7) is 5.27. The molecule has 0 amide bonds. The normalized spacial score (nSPS) is 18.3. The van der Waals surface area contributed by atoms with Crippen LogP contribution in [0.4, 0.5) is 11.4 Å². The Morgan fingerprint density at radius 2 is 1.83 bits per heavy atom. The number of hydrogen-bond donors (Lipinski definition) is 0. The molecule has 0 N–H and O–H groups in total. The molecule has 0 aliphatic carbocycles. The molecule has 2 heteroatoms. The van der Waals surface area contributed by atoms with Crippen LogP contribution in [0, 0.1) is 6.92 Å². The van der Waals surface area contributed by atoms with Gasteiger partial charge in [-0.15, -0.1) is 0 Å². The summed E-state index contributed by atoms with van der Waals surface area (Å²) in [4.78, 5) is 6.78. The van der Waals surface area contributed by atoms with Gasteiger partial charge >= 0.3 is 0 Å². The van der Waals surface area contributed by atoms with E-state index in [9.17, 15) is 0 Å². The van der Waals surface area contributed by atoms with Gasteiger partial charge in [0.2, 0.25) is 0 Å². The highest BCUT2D eigenvalue weighted by molar-refractivity contribution is 6.17. The van der Waals surface area contributed by atoms with E-state index in [1.165, 1.54) is 33.5 Å². The van der Waals surface area contributed by atoms with Crippen molar-refractivity contribution in [3.05, 3.63) is 83.6 Å². The predicted octanol–water partition coefficient (Wildman–Crippen LogP) is 5.53. The van der Waals surface area contributed by atoms with Gasteiger partial charge in [0.15, 0.2) is 0 Å². The van der Waals surface area contributed by atoms with Crippen molar-refractivity contribution in [2.75, 3.05) is 11.4 Å². The van der Waals surface area contributed by atoms with E-state index in [-0.39, 0.29) is 0 Å². The number of aryl methyl sites for hydroxylation is 1. The van der Waals surface area contributed by atoms with Crippen molar-refractivity contribution in [3.8, 4) is 0 Å². The molecular formula is C22H20N2. The van der Waals surface area contributed by atoms with Gasteiger partial charge in [-0.25, -0.2) is 0 Å². The van der Waals surface area contributed by atoms with Crippen LogP contribution < -0.4 is 4.90 Å². The highest BCUT2D eigenvalue weighted by Crippen LogP contribution is 2.35. The fourth-order valence-corrected chi connectivity index (χ4v) is 3.24. The summed E-state index contributed by atoms with van der Waals surface area (Å²) in [5.74, 6) is 0. The Bertz CT molecular complexity index is 913. The average molecular weight is 312 g/mol. The Morgan fingerprint density at radius 3 is 2.71 bits per heavy atom. The number of fused-ring (bicyclic) bond motifs is 2. The number of rotatable bonds is 2. The van der Waals surface area contributed by atoms with Gasteiger partial charge in [-0.1, -0.05) is 42.0 Å². The van der Waals surface area contributed by atoms with Crippen LogP contribution in [0.1, 0.15) is 23.6 Å². The second-order valence-corrected chi connectivity index (χ2v) is 6.14. The van der Waals surface area contributed by atoms with Crippen LogP contribution in [0.2, 0.25) is 0 Å². The molecule has 0 fully saturated rings. The van der Waals surface area contributed by atoms with Crippen LogP contribution >= 0.6 is 0 Å². The largest absolute Gasteiger partial charge is 0.348 e. The molecule has 0 aromatic heterocycles. The first-order valence-corrected chi connectivity index (χ1v) is 8.37. The third kappa shape index (κ3) is 2.50. The van der Waals surface area contributed by atoms with E-state index in [1.807, 2.05) is 6.21 Å². The van der Waals surface area contributed by atoms with Crippen molar-refractivity contribution < 1.29 is 0 Å². The van der Waals surface area contributed by atoms with Gasteiger partial charge in [0.1, 0.15) is 0 Å². The molecule has 2 aromatic rings. The van der Waals surface area contributed by atoms with E-state index in [0.29, 0.717) is 0 Å². The standard InChI is InChI=1S/C22H20N2/c1-3-24-13-12-17(19-6-4-5-7-22(19)24)9-10-18-15-23-21-11-8-16(2)14-20(18)21/h4-15H,3H2,1-2H3. The van der Waals surface area contributed by atoms with Crippen LogP contribution in [-0.2, 0) is 0 Å². The summed E-state index contributed by atoms with van der Waals surface area (Å²) in [7, 11) is 0. The van der Waals surface area contributed by atoms with E-state index in [2.05, 4.69) is 90.6 Å². The van der Waals surface area contributed by atoms with Gasteiger partial charge in [-0.05, 0) is 43.7 Å². The maximum Gasteiger partial charge on any atom is 0.0708 e. The van der Waals surface area contributed by atoms with Gasteiger partial charge in [0.25, 0.3) is 0 Å². The first kappa shape index (κ1) is 14.7. The van der Waals surface area contributed by atoms with E-state index < -0.39 is 0 Å². The molecule has 24 heavy (non-hydrogen) atoms. The molecule has 4 rings (SSSR count). The number of benzene rings is 2. The molecule has 0 radical (unpaired) electrons. The summed E-state index contributed by atoms with van der Waals surface area (Å²) < 4.78 is 0. The SMILES string of the molecule is CCN1C=CC(=CC=C2C=Nc3ccc(C)cc32)c2ccccc21. The summed E-state index contributed by atoms with van der Waals surface area (Å²) in [6, 6.07) is 15.0. The lowest BCUT2D eigenvalue weighted by atomic mass is 9.98. The molecule has 2 aromatic carbocycles. The van der Waals surface area contributed by atoms with E-state index >= 15 is 0 Å². The Hall–Kier alpha value is -2.87. The first-order valence-electron chi connectivity index (χ1n) is 8.37. The Labute approximate surface area is 143 Å². The zero-order valence-electron chi connectivity index (χ0n) is 14.0. The topological polar surface area (TPSA) is 15.6 Å². The van der Waals surface area contributed by atoms with Crippen molar-refractivity contribution in [1.29, 1.82) is 0 Å². The molecule has 0 unspecified atom stereocenters. The highest BCUT2D eigenvalue weighted by Gasteiger charge is 2.15. The third-order valence-electron chi connectivity index (χ3n) is 4.55. The van der Waals surface area contributed by atoms with Crippen LogP contribution in [-0.4, -0.2) is 12.8 Å². The number of hydrogen-bond acceptors (Lipinski definition) is 2. The summed E-state index contributed by atoms with van der Waals surface area (Å²) in [5.41, 5.74) is 8.49. The third-order valence-corrected chi connectivity index (χ3v) is 4.55. The highest BCUT2D eigenvalue weighted by atomic mass is 15.1. The molecule has 0 spiro atoms. The van der Waals surface area contributed by atoms with Gasteiger partial charge in [-0.2, -0.15) is 0 Å². The first-order chi connectivity index (χ1) is 11.8. The van der Waals surface area contributed by atoms with Gasteiger partial charge in [0.05, 0.1) is 5.69 Å². The minimum Gasteiger partial charge on any atom is -0.348 e. The number of nitrogens with zero attached hydrogens (tertiary/aromatic N) is 2. The lowest BCUT2D eigenvalue weighted by molar-refractivity contribution is 1.01. The number of allylic oxidation sites excluding steroid dienone is 5. The number of para-hydroxylation sites is 1. The quantitative estimate of drug-likeness (QED) is 0.711. The van der Waals surface area contributed by atoms with Crippen molar-refractivity contribution in [3.63, 3.8) is 0 Å². The zero-order valence-corrected chi connectivity index (χ0v) is 14.0. The molecule has 2 heterocycles. The van der Waals surface area contributed by atoms with Gasteiger partial charge < -0.3 is 4.90 Å². The molecule has 2 aliphatic heterocycles. The maximum absolute atomic E-state index is 4.51. The van der Waals surface area contributed by atoms with E-state index in [0.717, 1.165) is 12.2 Å². The Kier molecular flexibility index (Phi) is 3.66. The molecular weight excluding hydrogens is 292 g/mol. The van der Waals surface area contributed by atoms with Gasteiger partial charge in [0, 0.05) is 41.3 Å². The average Bonchev–Trinajstić information content (AvgIpc) is 3.01. The van der Waals surface area contributed by atoms with Crippen LogP contribution in [0.25, 0.3) is 11.1 Å². The van der Waals surface area contributed by atoms with Crippen LogP contribution in [0.15, 0.2) is 71.9 Å². The summed E-state index contributed by atoms with van der Waals surface area (Å²) >= 11 is 0. The van der Waals surface area contributed by atoms with Crippen molar-refractivity contribution >= 4 is 28.7 Å². The van der Waals surface area contributed by atoms with Crippen molar-refractivity contribution in [2.45, 2.75) is 13.8 Å². The predicted molar refractivity (Wildman–Crippen MR) is 104 cm³/mol. The molecule has 0 bridgehead atoms. The monoisotopic (exact) mass is 312 g/mol. The van der Waals surface area contributed by atoms with Crippen molar-refractivity contribution in [1.82, 2.24) is 0 Å². The smallest absolute Gasteiger partial charge is 0.0708 e. The fraction of sp³-hybridized carbons (Fsp3) is 0.136. The molecule has 2 nitrogen and oxygen atoms in total. The minimum atomic E-state index is 0.973. The molecule has 0 saturated carbocycles. The summed E-state index contributed by atoms with van der Waals surface area (Å²) in [6.07, 6.45) is 10.7. The molecule has 0 atom stereocenters. The second kappa shape index (κ2) is 5.97. The Balaban J connectivity index is 1.74. The number of anilines is 1. The summed E-state index contributed by atoms with van der Waals surface area (Å²) in [5, 5.41) is 0. The van der Waals surface area contributed by atoms with Crippen LogP contribution in [0.3, 0.4) is 0 Å². The van der Waals surface area contributed by atoms with Gasteiger partial charge in [-0.3, -0.25) is 4.99 Å². The fourth-order valence-electron chi connectivity index (χ4n) is 3.24.